The van der Waals surface area contributed by atoms with Gasteiger partial charge in [0.05, 0.1) is 54.7 Å². The number of carbonyl (C=O) groups excluding carboxylic acids is 4. The second kappa shape index (κ2) is 27.2. The molecular formula is C52H90N2O18. The first-order valence-electron chi connectivity index (χ1n) is 25.9. The monoisotopic (exact) mass is 1030 g/mol. The van der Waals surface area contributed by atoms with Crippen molar-refractivity contribution in [3.8, 4) is 0 Å². The molecule has 4 aliphatic heterocycles. The lowest BCUT2D eigenvalue weighted by atomic mass is 9.74. The molecule has 20 nitrogen and oxygen atoms in total. The maximum atomic E-state index is 15.4. The normalized spacial score (nSPS) is 42.3. The van der Waals surface area contributed by atoms with E-state index in [0.717, 1.165) is 0 Å². The number of hydrogen-bond donors (Lipinski definition) is 2. The standard InChI is InChI=1S/C52H90N2O18/c1-25(2)19-38(56)68-44-32(9)43(27(4)24-64-51-47(62-17)46(61-16)40(57)35(12)67-51)70-49(60)34(11)45(69-39-20-28(5)54(15)23-30(7)65-39)31(8)42(71-50-41(58)37(53-63-18)21-29(6)66-50)26(3)22-52(14,72-36(13)55)48(59)33(44)10/h25-35,39-47,50-51,57-58H,19-24H2,1-18H3/t26-,27-,28+,29+,30-,31+,32-,33+,34+,35+,39-,40+,41+,42-,43?,44+,45-,46+,47+,50-,51+,52-/m0/s1. The van der Waals surface area contributed by atoms with Gasteiger partial charge in [-0.05, 0) is 66.8 Å². The number of oxime groups is 1. The molecule has 20 heteroatoms. The van der Waals surface area contributed by atoms with Crippen LogP contribution in [0.25, 0.3) is 0 Å². The van der Waals surface area contributed by atoms with Crippen molar-refractivity contribution < 1.29 is 86.3 Å². The van der Waals surface area contributed by atoms with E-state index in [0.29, 0.717) is 18.7 Å². The third-order valence-corrected chi connectivity index (χ3v) is 15.0. The molecule has 0 aromatic carbocycles. The molecule has 0 aromatic heterocycles. The number of ether oxygens (including phenoxy) is 11. The fourth-order valence-corrected chi connectivity index (χ4v) is 11.1. The number of esters is 3. The van der Waals surface area contributed by atoms with Gasteiger partial charge in [0.25, 0.3) is 0 Å². The highest BCUT2D eigenvalue weighted by atomic mass is 16.7. The fraction of sp³-hybridized carbons (Fsp3) is 0.904. The summed E-state index contributed by atoms with van der Waals surface area (Å²) in [5, 5.41) is 26.6. The van der Waals surface area contributed by atoms with Crippen LogP contribution in [0, 0.1) is 41.4 Å². The largest absolute Gasteiger partial charge is 0.461 e. The summed E-state index contributed by atoms with van der Waals surface area (Å²) in [6.07, 6.45) is -12.2. The van der Waals surface area contributed by atoms with E-state index in [1.54, 1.807) is 34.6 Å². The third kappa shape index (κ3) is 15.6. The van der Waals surface area contributed by atoms with Crippen LogP contribution in [0.2, 0.25) is 0 Å². The number of aliphatic hydroxyl groups excluding tert-OH is 2. The Morgan fingerprint density at radius 2 is 1.47 bits per heavy atom. The van der Waals surface area contributed by atoms with Gasteiger partial charge >= 0.3 is 17.9 Å². The lowest BCUT2D eigenvalue weighted by Gasteiger charge is -2.45. The van der Waals surface area contributed by atoms with Gasteiger partial charge < -0.3 is 72.1 Å². The van der Waals surface area contributed by atoms with Gasteiger partial charge in [-0.25, -0.2) is 0 Å². The summed E-state index contributed by atoms with van der Waals surface area (Å²) in [5.41, 5.74) is -1.54. The fourth-order valence-electron chi connectivity index (χ4n) is 11.1. The van der Waals surface area contributed by atoms with E-state index < -0.39 is 145 Å². The van der Waals surface area contributed by atoms with Crippen molar-refractivity contribution in [1.29, 1.82) is 0 Å². The average Bonchev–Trinajstić information content (AvgIpc) is 3.42. The third-order valence-electron chi connectivity index (χ3n) is 15.0. The van der Waals surface area contributed by atoms with E-state index in [-0.39, 0.29) is 43.9 Å². The number of ketones is 1. The van der Waals surface area contributed by atoms with Crippen LogP contribution in [0.15, 0.2) is 5.16 Å². The first kappa shape index (κ1) is 61.7. The number of likely N-dealkylation sites (N-methyl/N-ethyl adjacent to an activating group) is 1. The predicted molar refractivity (Wildman–Crippen MR) is 262 cm³/mol. The van der Waals surface area contributed by atoms with Crippen LogP contribution in [0.4, 0.5) is 0 Å². The van der Waals surface area contributed by atoms with Gasteiger partial charge in [-0.3, -0.25) is 19.2 Å². The molecule has 0 radical (unpaired) electrons. The summed E-state index contributed by atoms with van der Waals surface area (Å²) >= 11 is 0. The Bertz CT molecular complexity index is 1790. The lowest BCUT2D eigenvalue weighted by molar-refractivity contribution is -0.305. The van der Waals surface area contributed by atoms with Crippen molar-refractivity contribution in [3.63, 3.8) is 0 Å². The molecule has 4 heterocycles. The van der Waals surface area contributed by atoms with Crippen molar-refractivity contribution in [1.82, 2.24) is 4.90 Å². The summed E-state index contributed by atoms with van der Waals surface area (Å²) in [6, 6.07) is 0.0305. The van der Waals surface area contributed by atoms with Crippen LogP contribution in [-0.4, -0.2) is 184 Å². The maximum Gasteiger partial charge on any atom is 0.311 e. The molecule has 0 aromatic rings. The summed E-state index contributed by atoms with van der Waals surface area (Å²) in [5.74, 6) is -7.76. The van der Waals surface area contributed by atoms with Crippen molar-refractivity contribution in [3.05, 3.63) is 0 Å². The minimum Gasteiger partial charge on any atom is -0.461 e. The van der Waals surface area contributed by atoms with Gasteiger partial charge in [0, 0.05) is 70.7 Å². The number of aliphatic hydroxyl groups is 2. The molecule has 0 bridgehead atoms. The van der Waals surface area contributed by atoms with Crippen LogP contribution >= 0.6 is 0 Å². The molecule has 0 saturated carbocycles. The molecule has 0 amide bonds. The minimum absolute atomic E-state index is 0.0291. The van der Waals surface area contributed by atoms with Crippen molar-refractivity contribution in [2.24, 2.45) is 46.6 Å². The quantitative estimate of drug-likeness (QED) is 0.127. The zero-order chi connectivity index (χ0) is 54.1. The molecule has 4 saturated heterocycles. The molecule has 4 rings (SSSR count). The van der Waals surface area contributed by atoms with Gasteiger partial charge in [0.2, 0.25) is 0 Å². The molecule has 22 atom stereocenters. The lowest BCUT2D eigenvalue weighted by Crippen LogP contribution is -2.59. The Kier molecular flexibility index (Phi) is 23.3. The van der Waals surface area contributed by atoms with E-state index in [4.69, 9.17) is 56.9 Å². The molecule has 1 unspecified atom stereocenters. The Labute approximate surface area is 428 Å². The number of methoxy groups -OCH3 is 2. The molecule has 0 aliphatic carbocycles. The highest BCUT2D eigenvalue weighted by Crippen LogP contribution is 2.40. The van der Waals surface area contributed by atoms with Crippen molar-refractivity contribution in [2.75, 3.05) is 41.5 Å². The Hall–Kier alpha value is -2.89. The molecule has 2 N–H and O–H groups in total. The van der Waals surface area contributed by atoms with E-state index in [9.17, 15) is 19.8 Å². The van der Waals surface area contributed by atoms with Gasteiger partial charge in [-0.2, -0.15) is 0 Å². The Morgan fingerprint density at radius 1 is 0.819 bits per heavy atom. The van der Waals surface area contributed by atoms with E-state index >= 15 is 9.59 Å². The Balaban J connectivity index is 1.94. The highest BCUT2D eigenvalue weighted by molar-refractivity contribution is 5.91. The van der Waals surface area contributed by atoms with E-state index in [2.05, 4.69) is 17.0 Å². The van der Waals surface area contributed by atoms with E-state index in [1.807, 2.05) is 48.6 Å². The smallest absolute Gasteiger partial charge is 0.311 e. The molecule has 416 valence electrons. The van der Waals surface area contributed by atoms with Crippen LogP contribution in [0.1, 0.15) is 123 Å². The Morgan fingerprint density at radius 3 is 2.07 bits per heavy atom. The van der Waals surface area contributed by atoms with Crippen molar-refractivity contribution in [2.45, 2.75) is 220 Å². The second-order valence-electron chi connectivity index (χ2n) is 21.9. The summed E-state index contributed by atoms with van der Waals surface area (Å²) < 4.78 is 69.5. The molecule has 0 spiro atoms. The average molecular weight is 1030 g/mol. The number of cyclic esters (lactones) is 1. The molecule has 4 aliphatic rings. The summed E-state index contributed by atoms with van der Waals surface area (Å²) in [7, 11) is 6.30. The van der Waals surface area contributed by atoms with Gasteiger partial charge in [-0.1, -0.05) is 53.6 Å². The van der Waals surface area contributed by atoms with Gasteiger partial charge in [0.15, 0.2) is 30.3 Å². The maximum absolute atomic E-state index is 15.4. The van der Waals surface area contributed by atoms with E-state index in [1.165, 1.54) is 35.2 Å². The van der Waals surface area contributed by atoms with Gasteiger partial charge in [0.1, 0.15) is 43.7 Å². The minimum atomic E-state index is -1.84. The first-order valence-corrected chi connectivity index (χ1v) is 25.9. The topological polar surface area (TPSA) is 235 Å². The number of carbonyl (C=O) groups is 4. The number of Topliss-reactive ketones (excluding diaryl/α,β-unsaturated/α-hetero) is 1. The number of hydrogen-bond acceptors (Lipinski definition) is 20. The molecular weight excluding hydrogens is 941 g/mol. The highest BCUT2D eigenvalue weighted by Gasteiger charge is 2.52. The van der Waals surface area contributed by atoms with Crippen LogP contribution in [0.5, 0.6) is 0 Å². The predicted octanol–water partition coefficient (Wildman–Crippen LogP) is 4.84. The number of rotatable bonds is 15. The SMILES string of the molecule is CON=C1C[C@@H](C)O[C@@H](O[C@@H]2[C@@H](C)[C@H](O[C@H]3C[C@@H](C)N(C)C[C@H](C)O3)[C@@H](C)C(=O)OC([C@@H](C)CO[C@@H]3O[C@H](C)[C@@H](O)[C@@H](OC)[C@H]3OC)[C@H](C)[C@@H](OC(=O)CC(C)C)[C@@H](C)C(=O)[C@@](C)(OC(C)=O)C[C@@H]2C)[C@@H]1O. The summed E-state index contributed by atoms with van der Waals surface area (Å²) in [6.45, 7) is 25.1. The zero-order valence-corrected chi connectivity index (χ0v) is 46.3. The van der Waals surface area contributed by atoms with Crippen LogP contribution < -0.4 is 0 Å². The number of nitrogens with zero attached hydrogens (tertiary/aromatic N) is 2. The summed E-state index contributed by atoms with van der Waals surface area (Å²) in [4.78, 5) is 64.8. The molecule has 72 heavy (non-hydrogen) atoms. The van der Waals surface area contributed by atoms with Gasteiger partial charge in [-0.15, -0.1) is 0 Å². The van der Waals surface area contributed by atoms with Crippen molar-refractivity contribution >= 4 is 29.4 Å². The first-order chi connectivity index (χ1) is 33.7. The molecule has 4 fully saturated rings. The van der Waals surface area contributed by atoms with Crippen LogP contribution in [-0.2, 0) is 76.1 Å². The zero-order valence-electron chi connectivity index (χ0n) is 46.3. The second-order valence-corrected chi connectivity index (χ2v) is 21.9. The van der Waals surface area contributed by atoms with Crippen LogP contribution in [0.3, 0.4) is 0 Å².